The largest absolute Gasteiger partial charge is 0.379 e. The lowest BCUT2D eigenvalue weighted by molar-refractivity contribution is 0.0168. The molecule has 6 nitrogen and oxygen atoms in total. The average molecular weight is 533 g/mol. The van der Waals surface area contributed by atoms with Gasteiger partial charge < -0.3 is 20.1 Å². The smallest absolute Gasteiger partial charge is 0.191 e. The average Bonchev–Trinajstić information content (AvgIpc) is 3.27. The van der Waals surface area contributed by atoms with Crippen LogP contribution in [0.4, 0.5) is 0 Å². The number of likely N-dealkylation sites (N-methyl/N-ethyl adjacent to an activating group) is 1. The molecule has 0 bridgehead atoms. The molecule has 30 heavy (non-hydrogen) atoms. The first-order valence-corrected chi connectivity index (χ1v) is 11.2. The molecule has 1 fully saturated rings. The highest BCUT2D eigenvalue weighted by molar-refractivity contribution is 14.0. The maximum atomic E-state index is 5.73. The van der Waals surface area contributed by atoms with Crippen LogP contribution < -0.4 is 10.6 Å². The third-order valence-electron chi connectivity index (χ3n) is 5.46. The quantitative estimate of drug-likeness (QED) is 0.177. The fourth-order valence-corrected chi connectivity index (χ4v) is 3.76. The van der Waals surface area contributed by atoms with Gasteiger partial charge in [0.25, 0.3) is 0 Å². The summed E-state index contributed by atoms with van der Waals surface area (Å²) >= 11 is 0. The molecule has 2 atom stereocenters. The molecule has 0 saturated carbocycles. The van der Waals surface area contributed by atoms with E-state index in [9.17, 15) is 0 Å². The number of nitrogens with one attached hydrogen (secondary N) is 2. The summed E-state index contributed by atoms with van der Waals surface area (Å²) < 4.78 is 11.3. The molecule has 1 saturated heterocycles. The minimum atomic E-state index is 0. The van der Waals surface area contributed by atoms with Gasteiger partial charge in [0.05, 0.1) is 12.7 Å². The van der Waals surface area contributed by atoms with Gasteiger partial charge in [-0.1, -0.05) is 44.2 Å². The normalized spacial score (nSPS) is 17.6. The lowest BCUT2D eigenvalue weighted by atomic mass is 10.0. The van der Waals surface area contributed by atoms with E-state index < -0.39 is 0 Å². The van der Waals surface area contributed by atoms with E-state index in [2.05, 4.69) is 64.7 Å². The van der Waals surface area contributed by atoms with Crippen LogP contribution in [0, 0.1) is 0 Å². The highest BCUT2D eigenvalue weighted by atomic mass is 127. The van der Waals surface area contributed by atoms with Gasteiger partial charge >= 0.3 is 0 Å². The van der Waals surface area contributed by atoms with E-state index in [1.807, 2.05) is 7.05 Å². The second-order valence-corrected chi connectivity index (χ2v) is 7.51. The Morgan fingerprint density at radius 3 is 2.63 bits per heavy atom. The number of ether oxygens (including phenoxy) is 2. The Labute approximate surface area is 200 Å². The molecule has 0 radical (unpaired) electrons. The van der Waals surface area contributed by atoms with Gasteiger partial charge in [0, 0.05) is 39.4 Å². The Morgan fingerprint density at radius 2 is 2.00 bits per heavy atom. The molecule has 1 aromatic carbocycles. The lowest BCUT2D eigenvalue weighted by Gasteiger charge is -2.30. The van der Waals surface area contributed by atoms with Crippen molar-refractivity contribution < 1.29 is 9.47 Å². The van der Waals surface area contributed by atoms with E-state index in [0.717, 1.165) is 77.6 Å². The van der Waals surface area contributed by atoms with Crippen molar-refractivity contribution in [1.29, 1.82) is 0 Å². The van der Waals surface area contributed by atoms with E-state index in [-0.39, 0.29) is 24.0 Å². The molecule has 1 aliphatic rings. The van der Waals surface area contributed by atoms with E-state index in [1.54, 1.807) is 0 Å². The van der Waals surface area contributed by atoms with Crippen molar-refractivity contribution in [3.63, 3.8) is 0 Å². The van der Waals surface area contributed by atoms with Crippen molar-refractivity contribution in [2.45, 2.75) is 51.7 Å². The molecule has 1 aromatic rings. The van der Waals surface area contributed by atoms with Gasteiger partial charge in [-0.25, -0.2) is 0 Å². The summed E-state index contributed by atoms with van der Waals surface area (Å²) in [5, 5.41) is 6.91. The van der Waals surface area contributed by atoms with E-state index in [1.165, 1.54) is 5.56 Å². The van der Waals surface area contributed by atoms with Crippen LogP contribution in [0.1, 0.15) is 38.7 Å². The van der Waals surface area contributed by atoms with Crippen molar-refractivity contribution in [3.8, 4) is 0 Å². The molecule has 0 aromatic heterocycles. The summed E-state index contributed by atoms with van der Waals surface area (Å²) in [6, 6.07) is 11.2. The number of guanidine groups is 1. The van der Waals surface area contributed by atoms with Gasteiger partial charge in [-0.3, -0.25) is 9.89 Å². The van der Waals surface area contributed by atoms with Crippen LogP contribution in [-0.2, 0) is 15.9 Å². The first kappa shape index (κ1) is 27.1. The van der Waals surface area contributed by atoms with Crippen LogP contribution in [0.2, 0.25) is 0 Å². The molecule has 7 heteroatoms. The minimum absolute atomic E-state index is 0. The lowest BCUT2D eigenvalue weighted by Crippen LogP contribution is -2.48. The van der Waals surface area contributed by atoms with Crippen LogP contribution in [0.3, 0.4) is 0 Å². The number of rotatable bonds is 13. The molecular weight excluding hydrogens is 491 g/mol. The molecule has 1 heterocycles. The van der Waals surface area contributed by atoms with Crippen molar-refractivity contribution in [1.82, 2.24) is 15.5 Å². The van der Waals surface area contributed by atoms with Crippen LogP contribution in [-0.4, -0.2) is 76.1 Å². The zero-order valence-electron chi connectivity index (χ0n) is 18.9. The third kappa shape index (κ3) is 10.4. The Bertz CT molecular complexity index is 564. The van der Waals surface area contributed by atoms with Gasteiger partial charge in [-0.15, -0.1) is 24.0 Å². The number of nitrogens with zero attached hydrogens (tertiary/aromatic N) is 2. The zero-order valence-corrected chi connectivity index (χ0v) is 21.3. The number of benzene rings is 1. The van der Waals surface area contributed by atoms with Crippen LogP contribution in [0.15, 0.2) is 35.3 Å². The number of halogens is 1. The Hall–Kier alpha value is -0.900. The van der Waals surface area contributed by atoms with Gasteiger partial charge in [-0.2, -0.15) is 0 Å². The molecular formula is C23H41IN4O2. The summed E-state index contributed by atoms with van der Waals surface area (Å²) in [6.07, 6.45) is 4.58. The van der Waals surface area contributed by atoms with E-state index in [0.29, 0.717) is 12.1 Å². The fraction of sp³-hybridized carbons (Fsp3) is 0.696. The van der Waals surface area contributed by atoms with Gasteiger partial charge in [0.15, 0.2) is 5.96 Å². The number of aliphatic imine (C=N–C) groups is 1. The maximum Gasteiger partial charge on any atom is 0.191 e. The molecule has 0 amide bonds. The second kappa shape index (κ2) is 16.8. The Morgan fingerprint density at radius 1 is 1.23 bits per heavy atom. The summed E-state index contributed by atoms with van der Waals surface area (Å²) in [7, 11) is 1.83. The van der Waals surface area contributed by atoms with Crippen molar-refractivity contribution in [2.75, 3.05) is 53.0 Å². The first-order valence-electron chi connectivity index (χ1n) is 11.2. The van der Waals surface area contributed by atoms with Gasteiger partial charge in [-0.05, 0) is 44.3 Å². The predicted molar refractivity (Wildman–Crippen MR) is 136 cm³/mol. The van der Waals surface area contributed by atoms with Crippen molar-refractivity contribution >= 4 is 29.9 Å². The summed E-state index contributed by atoms with van der Waals surface area (Å²) in [5.74, 6) is 0.856. The standard InChI is InChI=1S/C23H40N4O2.HI/c1-4-27(5-2)21(17-20-11-7-6-8-12-20)18-26-23(24-3)25-14-10-15-28-19-22-13-9-16-29-22;/h6-8,11-12,21-22H,4-5,9-10,13-19H2,1-3H3,(H2,24,25,26);1H. The summed E-state index contributed by atoms with van der Waals surface area (Å²) in [4.78, 5) is 6.88. The van der Waals surface area contributed by atoms with Crippen molar-refractivity contribution in [2.24, 2.45) is 4.99 Å². The minimum Gasteiger partial charge on any atom is -0.379 e. The number of hydrogen-bond acceptors (Lipinski definition) is 4. The Balaban J connectivity index is 0.00000450. The molecule has 1 aliphatic heterocycles. The van der Waals surface area contributed by atoms with Gasteiger partial charge in [0.2, 0.25) is 0 Å². The Kier molecular flexibility index (Phi) is 15.2. The first-order chi connectivity index (χ1) is 14.3. The molecule has 0 spiro atoms. The molecule has 0 aliphatic carbocycles. The topological polar surface area (TPSA) is 58.1 Å². The van der Waals surface area contributed by atoms with Crippen LogP contribution in [0.25, 0.3) is 0 Å². The third-order valence-corrected chi connectivity index (χ3v) is 5.46. The maximum absolute atomic E-state index is 5.73. The molecule has 2 N–H and O–H groups in total. The van der Waals surface area contributed by atoms with E-state index >= 15 is 0 Å². The van der Waals surface area contributed by atoms with Crippen molar-refractivity contribution in [3.05, 3.63) is 35.9 Å². The molecule has 2 unspecified atom stereocenters. The monoisotopic (exact) mass is 532 g/mol. The van der Waals surface area contributed by atoms with Gasteiger partial charge in [0.1, 0.15) is 0 Å². The summed E-state index contributed by atoms with van der Waals surface area (Å²) in [6.45, 7) is 10.6. The summed E-state index contributed by atoms with van der Waals surface area (Å²) in [5.41, 5.74) is 1.37. The van der Waals surface area contributed by atoms with Crippen LogP contribution in [0.5, 0.6) is 0 Å². The number of hydrogen-bond donors (Lipinski definition) is 2. The highest BCUT2D eigenvalue weighted by Gasteiger charge is 2.17. The highest BCUT2D eigenvalue weighted by Crippen LogP contribution is 2.12. The fourth-order valence-electron chi connectivity index (χ4n) is 3.76. The molecule has 172 valence electrons. The zero-order chi connectivity index (χ0) is 20.7. The predicted octanol–water partition coefficient (Wildman–Crippen LogP) is 3.31. The SMILES string of the molecule is CCN(CC)C(CNC(=NC)NCCCOCC1CCCO1)Cc1ccccc1.I. The second-order valence-electron chi connectivity index (χ2n) is 7.51. The van der Waals surface area contributed by atoms with E-state index in [4.69, 9.17) is 9.47 Å². The molecule has 2 rings (SSSR count). The van der Waals surface area contributed by atoms with Crippen LogP contribution >= 0.6 is 24.0 Å².